The molecule has 53 heavy (non-hydrogen) atoms. The van der Waals surface area contributed by atoms with E-state index in [1.54, 1.807) is 24.3 Å². The van der Waals surface area contributed by atoms with Crippen molar-refractivity contribution in [3.8, 4) is 23.0 Å². The quantitative estimate of drug-likeness (QED) is 0.0633. The second-order valence-corrected chi connectivity index (χ2v) is 13.2. The lowest BCUT2D eigenvalue weighted by molar-refractivity contribution is -0.123. The third-order valence-corrected chi connectivity index (χ3v) is 8.69. The largest absolute Gasteiger partial charge is 0.489 e. The van der Waals surface area contributed by atoms with Crippen molar-refractivity contribution in [1.29, 1.82) is 0 Å². The zero-order chi connectivity index (χ0) is 38.8. The molecule has 3 aromatic rings. The van der Waals surface area contributed by atoms with Crippen LogP contribution in [0.3, 0.4) is 0 Å². The smallest absolute Gasteiger partial charge is 0.257 e. The number of fused-ring (bicyclic) bond motifs is 2. The fourth-order valence-corrected chi connectivity index (χ4v) is 5.52. The highest BCUT2D eigenvalue weighted by Crippen LogP contribution is 2.36. The molecule has 12 nitrogen and oxygen atoms in total. The Labute approximate surface area is 314 Å². The fraction of sp³-hybridized carbons (Fsp3) is 0.537. The highest BCUT2D eigenvalue weighted by molar-refractivity contribution is 5.97. The molecule has 0 saturated carbocycles. The summed E-state index contributed by atoms with van der Waals surface area (Å²) in [5, 5.41) is 6.03. The van der Waals surface area contributed by atoms with Crippen LogP contribution in [0.5, 0.6) is 23.0 Å². The zero-order valence-electron chi connectivity index (χ0n) is 33.0. The Balaban J connectivity index is 1.97. The molecule has 0 radical (unpaired) electrons. The normalized spacial score (nSPS) is 11.1. The average molecular weight is 737 g/mol. The molecule has 0 aliphatic rings. The average Bonchev–Trinajstić information content (AvgIpc) is 3.12. The summed E-state index contributed by atoms with van der Waals surface area (Å²) in [5.41, 5.74) is 2.12. The van der Waals surface area contributed by atoms with Gasteiger partial charge in [0, 0.05) is 37.4 Å². The van der Waals surface area contributed by atoms with Gasteiger partial charge < -0.3 is 43.8 Å². The third kappa shape index (κ3) is 14.1. The Morgan fingerprint density at radius 1 is 0.642 bits per heavy atom. The minimum Gasteiger partial charge on any atom is -0.489 e. The van der Waals surface area contributed by atoms with E-state index >= 15 is 0 Å². The topological polar surface area (TPSA) is 132 Å². The monoisotopic (exact) mass is 736 g/mol. The molecule has 292 valence electrons. The molecule has 2 amide bonds. The van der Waals surface area contributed by atoms with Gasteiger partial charge in [-0.1, -0.05) is 38.8 Å². The Hall–Kier alpha value is -4.55. The second kappa shape index (κ2) is 22.5. The number of carbonyl (C=O) groups is 2. The van der Waals surface area contributed by atoms with Crippen LogP contribution in [-0.2, 0) is 9.59 Å². The van der Waals surface area contributed by atoms with Gasteiger partial charge in [0.1, 0.15) is 58.2 Å². The van der Waals surface area contributed by atoms with Gasteiger partial charge in [-0.3, -0.25) is 14.4 Å². The van der Waals surface area contributed by atoms with Gasteiger partial charge in [-0.2, -0.15) is 0 Å². The molecule has 1 aromatic heterocycles. The molecular weight excluding hydrogens is 676 g/mol. The summed E-state index contributed by atoms with van der Waals surface area (Å²) < 4.78 is 30.3. The Morgan fingerprint density at radius 2 is 1.04 bits per heavy atom. The van der Waals surface area contributed by atoms with Crippen LogP contribution in [0.2, 0.25) is 0 Å². The molecular formula is C41H60N4O8. The van der Waals surface area contributed by atoms with E-state index in [4.69, 9.17) is 23.4 Å². The molecule has 2 N–H and O–H groups in total. The first-order chi connectivity index (χ1) is 25.5. The molecule has 12 heteroatoms. The minimum atomic E-state index is -0.447. The van der Waals surface area contributed by atoms with Crippen LogP contribution in [0, 0.1) is 0 Å². The van der Waals surface area contributed by atoms with Gasteiger partial charge in [0.2, 0.25) is 5.43 Å². The molecule has 0 atom stereocenters. The molecule has 1 heterocycles. The Bertz CT molecular complexity index is 1630. The van der Waals surface area contributed by atoms with Crippen molar-refractivity contribution in [2.24, 2.45) is 0 Å². The molecule has 0 aliphatic carbocycles. The van der Waals surface area contributed by atoms with Crippen LogP contribution in [0.15, 0.2) is 56.8 Å². The van der Waals surface area contributed by atoms with E-state index in [1.165, 1.54) is 0 Å². The molecule has 3 rings (SSSR count). The maximum atomic E-state index is 14.4. The summed E-state index contributed by atoms with van der Waals surface area (Å²) in [4.78, 5) is 44.6. The number of benzene rings is 2. The van der Waals surface area contributed by atoms with Crippen molar-refractivity contribution in [2.45, 2.75) is 68.2 Å². The zero-order valence-corrected chi connectivity index (χ0v) is 33.0. The Morgan fingerprint density at radius 3 is 1.40 bits per heavy atom. The highest BCUT2D eigenvalue weighted by Gasteiger charge is 2.21. The van der Waals surface area contributed by atoms with Crippen LogP contribution in [-0.4, -0.2) is 100 Å². The van der Waals surface area contributed by atoms with E-state index < -0.39 is 5.43 Å². The number of rotatable bonds is 24. The van der Waals surface area contributed by atoms with Crippen LogP contribution >= 0.6 is 0 Å². The predicted molar refractivity (Wildman–Crippen MR) is 212 cm³/mol. The molecule has 0 fully saturated rings. The number of nitrogens with one attached hydrogen (secondary N) is 2. The van der Waals surface area contributed by atoms with E-state index in [-0.39, 0.29) is 71.7 Å². The SMILES string of the molecule is CCN(CC)CCCNC(=O)COc1cc(OCC=C(C)C)cc2oc3cc(OCC=C(C)C)cc(OCC(=O)NCCCN(CC)CC)c3c(=O)c12. The maximum Gasteiger partial charge on any atom is 0.257 e. The molecule has 0 bridgehead atoms. The Kier molecular flexibility index (Phi) is 18.2. The maximum absolute atomic E-state index is 14.4. The number of hydrogen-bond acceptors (Lipinski definition) is 10. The summed E-state index contributed by atoms with van der Waals surface area (Å²) in [6.07, 6.45) is 5.45. The van der Waals surface area contributed by atoms with Crippen LogP contribution in [0.4, 0.5) is 0 Å². The number of nitrogens with zero attached hydrogens (tertiary/aromatic N) is 2. The first kappa shape index (κ1) is 42.9. The van der Waals surface area contributed by atoms with Crippen molar-refractivity contribution < 1.29 is 33.0 Å². The summed E-state index contributed by atoms with van der Waals surface area (Å²) in [5.74, 6) is 0.427. The lowest BCUT2D eigenvalue weighted by Gasteiger charge is -2.18. The second-order valence-electron chi connectivity index (χ2n) is 13.2. The first-order valence-electron chi connectivity index (χ1n) is 18.8. The van der Waals surface area contributed by atoms with Crippen molar-refractivity contribution >= 4 is 33.8 Å². The highest BCUT2D eigenvalue weighted by atomic mass is 16.5. The van der Waals surface area contributed by atoms with Gasteiger partial charge in [0.25, 0.3) is 11.8 Å². The number of ether oxygens (including phenoxy) is 4. The lowest BCUT2D eigenvalue weighted by atomic mass is 10.1. The van der Waals surface area contributed by atoms with Crippen molar-refractivity contribution in [1.82, 2.24) is 20.4 Å². The van der Waals surface area contributed by atoms with Gasteiger partial charge in [-0.05, 0) is 92.0 Å². The summed E-state index contributed by atoms with van der Waals surface area (Å²) >= 11 is 0. The lowest BCUT2D eigenvalue weighted by Crippen LogP contribution is -2.32. The van der Waals surface area contributed by atoms with Crippen LogP contribution < -0.4 is 35.0 Å². The van der Waals surface area contributed by atoms with E-state index in [0.29, 0.717) is 24.6 Å². The first-order valence-corrected chi connectivity index (χ1v) is 18.8. The molecule has 0 saturated heterocycles. The number of amides is 2. The number of carbonyl (C=O) groups excluding carboxylic acids is 2. The van der Waals surface area contributed by atoms with Gasteiger partial charge in [0.15, 0.2) is 13.2 Å². The summed E-state index contributed by atoms with van der Waals surface area (Å²) in [6.45, 7) is 22.8. The molecule has 0 aliphatic heterocycles. The third-order valence-electron chi connectivity index (χ3n) is 8.69. The van der Waals surface area contributed by atoms with Gasteiger partial charge in [-0.15, -0.1) is 0 Å². The van der Waals surface area contributed by atoms with Gasteiger partial charge in [0.05, 0.1) is 0 Å². The van der Waals surface area contributed by atoms with Crippen molar-refractivity contribution in [3.05, 3.63) is 57.8 Å². The van der Waals surface area contributed by atoms with Crippen LogP contribution in [0.25, 0.3) is 21.9 Å². The van der Waals surface area contributed by atoms with Gasteiger partial charge in [-0.25, -0.2) is 0 Å². The molecule has 2 aromatic carbocycles. The summed E-state index contributed by atoms with van der Waals surface area (Å²) in [7, 11) is 0. The number of hydrogen-bond donors (Lipinski definition) is 2. The van der Waals surface area contributed by atoms with E-state index in [1.807, 2.05) is 39.8 Å². The number of allylic oxidation sites excluding steroid dienone is 2. The van der Waals surface area contributed by atoms with Crippen LogP contribution in [0.1, 0.15) is 68.2 Å². The fourth-order valence-electron chi connectivity index (χ4n) is 5.52. The van der Waals surface area contributed by atoms with E-state index in [2.05, 4.69) is 48.1 Å². The molecule has 0 unspecified atom stereocenters. The minimum absolute atomic E-state index is 0.116. The molecule has 0 spiro atoms. The summed E-state index contributed by atoms with van der Waals surface area (Å²) in [6, 6.07) is 6.41. The predicted octanol–water partition coefficient (Wildman–Crippen LogP) is 6.09. The standard InChI is InChI=1S/C41H60N4O8/c1-9-44(10-2)19-13-17-42-37(46)27-51-33-23-31(49-21-15-29(5)6)25-35-39(33)41(48)40-34(24-32(26-36(40)53-35)50-22-16-30(7)8)52-28-38(47)43-18-14-20-45(11-3)12-4/h15-16,23-26H,9-14,17-22,27-28H2,1-8H3,(H,42,46)(H,43,47). The van der Waals surface area contributed by atoms with Crippen molar-refractivity contribution in [2.75, 3.05) is 78.8 Å². The van der Waals surface area contributed by atoms with E-state index in [9.17, 15) is 14.4 Å². The van der Waals surface area contributed by atoms with Gasteiger partial charge >= 0.3 is 0 Å². The van der Waals surface area contributed by atoms with E-state index in [0.717, 1.165) is 63.3 Å². The van der Waals surface area contributed by atoms with Crippen molar-refractivity contribution in [3.63, 3.8) is 0 Å².